The second kappa shape index (κ2) is 8.62. The number of nitrogens with zero attached hydrogens (tertiary/aromatic N) is 1. The van der Waals surface area contributed by atoms with Crippen molar-refractivity contribution < 1.29 is 14.0 Å². The molecule has 0 bridgehead atoms. The first-order valence-electron chi connectivity index (χ1n) is 7.91. The Morgan fingerprint density at radius 2 is 1.92 bits per heavy atom. The SMILES string of the molecule is CNC(=O)[C@H](C)N(Cc1ccccc1F)C(=O)Cc1cccc(Cl)c1. The van der Waals surface area contributed by atoms with Crippen molar-refractivity contribution in [3.05, 3.63) is 70.5 Å². The van der Waals surface area contributed by atoms with E-state index in [4.69, 9.17) is 11.6 Å². The molecule has 132 valence electrons. The number of nitrogens with one attached hydrogen (secondary N) is 1. The van der Waals surface area contributed by atoms with Crippen molar-refractivity contribution in [2.24, 2.45) is 0 Å². The van der Waals surface area contributed by atoms with Gasteiger partial charge in [0.25, 0.3) is 0 Å². The van der Waals surface area contributed by atoms with Gasteiger partial charge >= 0.3 is 0 Å². The van der Waals surface area contributed by atoms with Gasteiger partial charge in [0.1, 0.15) is 11.9 Å². The third kappa shape index (κ3) is 5.03. The molecular formula is C19H20ClFN2O2. The Hall–Kier alpha value is -2.40. The third-order valence-corrected chi connectivity index (χ3v) is 4.19. The lowest BCUT2D eigenvalue weighted by atomic mass is 10.1. The second-order valence-electron chi connectivity index (χ2n) is 5.71. The maximum atomic E-state index is 14.0. The molecule has 0 aliphatic rings. The summed E-state index contributed by atoms with van der Waals surface area (Å²) >= 11 is 5.96. The first-order valence-corrected chi connectivity index (χ1v) is 8.29. The smallest absolute Gasteiger partial charge is 0.242 e. The average Bonchev–Trinajstić information content (AvgIpc) is 2.59. The molecule has 2 rings (SSSR count). The van der Waals surface area contributed by atoms with Gasteiger partial charge in [0.2, 0.25) is 11.8 Å². The molecule has 25 heavy (non-hydrogen) atoms. The predicted octanol–water partition coefficient (Wildman–Crippen LogP) is 3.18. The van der Waals surface area contributed by atoms with Crippen LogP contribution in [0, 0.1) is 5.82 Å². The second-order valence-corrected chi connectivity index (χ2v) is 6.15. The van der Waals surface area contributed by atoms with Crippen molar-refractivity contribution in [2.75, 3.05) is 7.05 Å². The number of rotatable bonds is 6. The zero-order valence-electron chi connectivity index (χ0n) is 14.1. The van der Waals surface area contributed by atoms with Crippen LogP contribution in [0.2, 0.25) is 5.02 Å². The maximum absolute atomic E-state index is 14.0. The third-order valence-electron chi connectivity index (χ3n) is 3.96. The lowest BCUT2D eigenvalue weighted by Crippen LogP contribution is -2.47. The van der Waals surface area contributed by atoms with E-state index in [1.54, 1.807) is 49.4 Å². The van der Waals surface area contributed by atoms with Gasteiger partial charge in [-0.15, -0.1) is 0 Å². The summed E-state index contributed by atoms with van der Waals surface area (Å²) in [5.74, 6) is -0.996. The van der Waals surface area contributed by atoms with Crippen molar-refractivity contribution in [3.8, 4) is 0 Å². The number of halogens is 2. The minimum Gasteiger partial charge on any atom is -0.357 e. The van der Waals surface area contributed by atoms with Crippen LogP contribution in [0.1, 0.15) is 18.1 Å². The van der Waals surface area contributed by atoms with E-state index < -0.39 is 11.9 Å². The highest BCUT2D eigenvalue weighted by Gasteiger charge is 2.26. The fourth-order valence-electron chi connectivity index (χ4n) is 2.52. The van der Waals surface area contributed by atoms with Crippen LogP contribution in [0.5, 0.6) is 0 Å². The molecule has 1 atom stereocenters. The number of carbonyl (C=O) groups is 2. The van der Waals surface area contributed by atoms with Gasteiger partial charge in [-0.3, -0.25) is 9.59 Å². The minimum absolute atomic E-state index is 0.0145. The van der Waals surface area contributed by atoms with E-state index >= 15 is 0 Å². The van der Waals surface area contributed by atoms with Crippen LogP contribution >= 0.6 is 11.6 Å². The van der Waals surface area contributed by atoms with Crippen LogP contribution in [0.15, 0.2) is 48.5 Å². The molecule has 4 nitrogen and oxygen atoms in total. The van der Waals surface area contributed by atoms with Gasteiger partial charge in [-0.2, -0.15) is 0 Å². The van der Waals surface area contributed by atoms with Gasteiger partial charge in [0, 0.05) is 24.2 Å². The molecule has 2 aromatic rings. The van der Waals surface area contributed by atoms with Crippen molar-refractivity contribution in [2.45, 2.75) is 25.9 Å². The highest BCUT2D eigenvalue weighted by atomic mass is 35.5. The van der Waals surface area contributed by atoms with E-state index in [9.17, 15) is 14.0 Å². The van der Waals surface area contributed by atoms with Gasteiger partial charge in [-0.05, 0) is 30.7 Å². The molecule has 0 aliphatic carbocycles. The molecule has 0 spiro atoms. The molecular weight excluding hydrogens is 343 g/mol. The topological polar surface area (TPSA) is 49.4 Å². The van der Waals surface area contributed by atoms with E-state index in [2.05, 4.69) is 5.32 Å². The monoisotopic (exact) mass is 362 g/mol. The van der Waals surface area contributed by atoms with Crippen molar-refractivity contribution >= 4 is 23.4 Å². The summed E-state index contributed by atoms with van der Waals surface area (Å²) in [6, 6.07) is 12.5. The standard InChI is InChI=1S/C19H20ClFN2O2/c1-13(19(25)22-2)23(12-15-7-3-4-9-17(15)21)18(24)11-14-6-5-8-16(20)10-14/h3-10,13H,11-12H2,1-2H3,(H,22,25)/t13-/m0/s1. The Morgan fingerprint density at radius 1 is 1.20 bits per heavy atom. The average molecular weight is 363 g/mol. The first-order chi connectivity index (χ1) is 11.9. The molecule has 0 saturated carbocycles. The Labute approximate surface area is 151 Å². The normalized spacial score (nSPS) is 11.7. The fraction of sp³-hybridized carbons (Fsp3) is 0.263. The molecule has 6 heteroatoms. The van der Waals surface area contributed by atoms with Crippen molar-refractivity contribution in [1.29, 1.82) is 0 Å². The number of hydrogen-bond donors (Lipinski definition) is 1. The van der Waals surface area contributed by atoms with E-state index in [-0.39, 0.29) is 24.8 Å². The molecule has 0 heterocycles. The molecule has 0 aromatic heterocycles. The summed E-state index contributed by atoms with van der Waals surface area (Å²) in [7, 11) is 1.50. The predicted molar refractivity (Wildman–Crippen MR) is 95.6 cm³/mol. The van der Waals surface area contributed by atoms with Gasteiger partial charge in [0.05, 0.1) is 6.42 Å². The van der Waals surface area contributed by atoms with E-state index in [0.717, 1.165) is 5.56 Å². The molecule has 0 radical (unpaired) electrons. The molecule has 0 aliphatic heterocycles. The van der Waals surface area contributed by atoms with Crippen LogP contribution in [0.3, 0.4) is 0 Å². The fourth-order valence-corrected chi connectivity index (χ4v) is 2.74. The molecule has 0 saturated heterocycles. The van der Waals surface area contributed by atoms with Crippen molar-refractivity contribution in [1.82, 2.24) is 10.2 Å². The number of hydrogen-bond acceptors (Lipinski definition) is 2. The van der Waals surface area contributed by atoms with E-state index in [0.29, 0.717) is 10.6 Å². The number of likely N-dealkylation sites (N-methyl/N-ethyl adjacent to an activating group) is 1. The van der Waals surface area contributed by atoms with E-state index in [1.807, 2.05) is 0 Å². The zero-order valence-corrected chi connectivity index (χ0v) is 14.9. The Kier molecular flexibility index (Phi) is 6.53. The quantitative estimate of drug-likeness (QED) is 0.858. The van der Waals surface area contributed by atoms with Crippen LogP contribution in [0.25, 0.3) is 0 Å². The van der Waals surface area contributed by atoms with Gasteiger partial charge in [-0.1, -0.05) is 41.9 Å². The molecule has 1 N–H and O–H groups in total. The zero-order chi connectivity index (χ0) is 18.4. The highest BCUT2D eigenvalue weighted by molar-refractivity contribution is 6.30. The molecule has 0 fully saturated rings. The summed E-state index contributed by atoms with van der Waals surface area (Å²) < 4.78 is 14.0. The lowest BCUT2D eigenvalue weighted by Gasteiger charge is -2.28. The molecule has 2 amide bonds. The minimum atomic E-state index is -0.726. The summed E-state index contributed by atoms with van der Waals surface area (Å²) in [6.07, 6.45) is 0.0797. The summed E-state index contributed by atoms with van der Waals surface area (Å²) in [5, 5.41) is 3.06. The Bertz CT molecular complexity index is 767. The van der Waals surface area contributed by atoms with Gasteiger partial charge in [0.15, 0.2) is 0 Å². The summed E-state index contributed by atoms with van der Waals surface area (Å²) in [6.45, 7) is 1.64. The van der Waals surface area contributed by atoms with E-state index in [1.165, 1.54) is 18.0 Å². The maximum Gasteiger partial charge on any atom is 0.242 e. The first kappa shape index (κ1) is 18.9. The van der Waals surface area contributed by atoms with Crippen LogP contribution < -0.4 is 5.32 Å². The lowest BCUT2D eigenvalue weighted by molar-refractivity contribution is -0.139. The van der Waals surface area contributed by atoms with Crippen LogP contribution in [-0.2, 0) is 22.6 Å². The summed E-state index contributed by atoms with van der Waals surface area (Å²) in [5.41, 5.74) is 1.10. The van der Waals surface area contributed by atoms with Gasteiger partial charge < -0.3 is 10.2 Å². The largest absolute Gasteiger partial charge is 0.357 e. The molecule has 2 aromatic carbocycles. The van der Waals surface area contributed by atoms with Gasteiger partial charge in [-0.25, -0.2) is 4.39 Å². The van der Waals surface area contributed by atoms with Crippen molar-refractivity contribution in [3.63, 3.8) is 0 Å². The number of amides is 2. The number of carbonyl (C=O) groups excluding carboxylic acids is 2. The van der Waals surface area contributed by atoms with Crippen LogP contribution in [-0.4, -0.2) is 29.8 Å². The molecule has 0 unspecified atom stereocenters. The highest BCUT2D eigenvalue weighted by Crippen LogP contribution is 2.16. The Balaban J connectivity index is 2.25. The Morgan fingerprint density at radius 3 is 2.56 bits per heavy atom. The van der Waals surface area contributed by atoms with Crippen LogP contribution in [0.4, 0.5) is 4.39 Å². The summed E-state index contributed by atoms with van der Waals surface area (Å²) in [4.78, 5) is 26.2. The number of benzene rings is 2.